The van der Waals surface area contributed by atoms with Crippen LogP contribution in [0.15, 0.2) is 34.9 Å². The summed E-state index contributed by atoms with van der Waals surface area (Å²) in [4.78, 5) is 24.6. The minimum Gasteiger partial charge on any atom is -0.325 e. The molecule has 6 nitrogen and oxygen atoms in total. The zero-order valence-electron chi connectivity index (χ0n) is 15.1. The van der Waals surface area contributed by atoms with Crippen molar-refractivity contribution in [2.24, 2.45) is 11.3 Å². The fraction of sp³-hybridized carbons (Fsp3) is 0.368. The summed E-state index contributed by atoms with van der Waals surface area (Å²) in [7, 11) is 0. The van der Waals surface area contributed by atoms with E-state index in [0.29, 0.717) is 16.3 Å². The van der Waals surface area contributed by atoms with Gasteiger partial charge in [-0.2, -0.15) is 10.5 Å². The molecule has 0 unspecified atom stereocenters. The van der Waals surface area contributed by atoms with Gasteiger partial charge in [-0.15, -0.1) is 0 Å². The number of thioether (sulfide) groups is 1. The summed E-state index contributed by atoms with van der Waals surface area (Å²) in [6, 6.07) is 11.5. The molecular formula is C19H20N4O2S. The van der Waals surface area contributed by atoms with Crippen LogP contribution in [0.25, 0.3) is 0 Å². The first kappa shape index (κ1) is 19.6. The van der Waals surface area contributed by atoms with Gasteiger partial charge in [-0.25, -0.2) is 0 Å². The number of amides is 2. The predicted octanol–water partition coefficient (Wildman–Crippen LogP) is 3.09. The van der Waals surface area contributed by atoms with Gasteiger partial charge in [0.15, 0.2) is 0 Å². The molecule has 0 spiro atoms. The maximum Gasteiger partial charge on any atom is 0.243 e. The molecule has 0 bridgehead atoms. The Balaban J connectivity index is 2.20. The Morgan fingerprint density at radius 2 is 1.92 bits per heavy atom. The van der Waals surface area contributed by atoms with Crippen molar-refractivity contribution in [3.63, 3.8) is 0 Å². The fourth-order valence-electron chi connectivity index (χ4n) is 2.63. The second-order valence-electron chi connectivity index (χ2n) is 6.70. The SMILES string of the molecule is Cc1ccc(NC(=O)[C@@H](C)SC2=C(C#N)C(C)(C)[C@H](C#N)C(=O)N2)cc1. The molecule has 1 aliphatic heterocycles. The van der Waals surface area contributed by atoms with Crippen LogP contribution >= 0.6 is 11.8 Å². The standard InChI is InChI=1S/C19H20N4O2S/c1-11-5-7-13(8-6-11)22-16(24)12(2)26-18-15(10-21)19(3,4)14(9-20)17(25)23-18/h5-8,12,14H,1-4H3,(H,22,24)(H,23,25)/t12-,14-/m1/s1. The van der Waals surface area contributed by atoms with E-state index in [9.17, 15) is 20.1 Å². The van der Waals surface area contributed by atoms with Crippen LogP contribution in [0.2, 0.25) is 0 Å². The molecule has 2 rings (SSSR count). The van der Waals surface area contributed by atoms with Crippen molar-refractivity contribution in [3.8, 4) is 12.1 Å². The highest BCUT2D eigenvalue weighted by Crippen LogP contribution is 2.42. The van der Waals surface area contributed by atoms with E-state index in [1.807, 2.05) is 37.3 Å². The number of nitriles is 2. The Labute approximate surface area is 157 Å². The Kier molecular flexibility index (Phi) is 5.74. The molecule has 26 heavy (non-hydrogen) atoms. The number of benzene rings is 1. The molecule has 0 aromatic heterocycles. The van der Waals surface area contributed by atoms with Gasteiger partial charge in [-0.05, 0) is 26.0 Å². The average molecular weight is 368 g/mol. The molecule has 134 valence electrons. The smallest absolute Gasteiger partial charge is 0.243 e. The molecule has 2 atom stereocenters. The molecule has 1 aliphatic rings. The van der Waals surface area contributed by atoms with E-state index < -0.39 is 22.5 Å². The average Bonchev–Trinajstić information content (AvgIpc) is 2.56. The summed E-state index contributed by atoms with van der Waals surface area (Å²) in [5.41, 5.74) is 1.17. The number of carbonyl (C=O) groups excluding carboxylic acids is 2. The third kappa shape index (κ3) is 3.89. The monoisotopic (exact) mass is 368 g/mol. The Morgan fingerprint density at radius 3 is 2.46 bits per heavy atom. The topological polar surface area (TPSA) is 106 Å². The minimum atomic E-state index is -0.946. The molecule has 7 heteroatoms. The summed E-state index contributed by atoms with van der Waals surface area (Å²) >= 11 is 1.11. The number of hydrogen-bond donors (Lipinski definition) is 2. The lowest BCUT2D eigenvalue weighted by Gasteiger charge is -2.35. The maximum atomic E-state index is 12.4. The molecule has 0 saturated carbocycles. The molecular weight excluding hydrogens is 348 g/mol. The van der Waals surface area contributed by atoms with E-state index in [0.717, 1.165) is 17.3 Å². The number of rotatable bonds is 4. The van der Waals surface area contributed by atoms with Crippen molar-refractivity contribution in [1.82, 2.24) is 5.32 Å². The van der Waals surface area contributed by atoms with E-state index >= 15 is 0 Å². The first-order chi connectivity index (χ1) is 12.2. The first-order valence-electron chi connectivity index (χ1n) is 8.10. The van der Waals surface area contributed by atoms with Crippen LogP contribution in [0.3, 0.4) is 0 Å². The molecule has 1 heterocycles. The predicted molar refractivity (Wildman–Crippen MR) is 101 cm³/mol. The lowest BCUT2D eigenvalue weighted by molar-refractivity contribution is -0.125. The van der Waals surface area contributed by atoms with E-state index in [4.69, 9.17) is 0 Å². The number of hydrogen-bond acceptors (Lipinski definition) is 5. The Hall–Kier alpha value is -2.77. The highest BCUT2D eigenvalue weighted by molar-refractivity contribution is 8.04. The number of allylic oxidation sites excluding steroid dienone is 1. The molecule has 0 fully saturated rings. The maximum absolute atomic E-state index is 12.4. The molecule has 1 aromatic rings. The molecule has 1 aromatic carbocycles. The lowest BCUT2D eigenvalue weighted by atomic mass is 9.72. The zero-order valence-corrected chi connectivity index (χ0v) is 15.9. The van der Waals surface area contributed by atoms with Gasteiger partial charge in [0, 0.05) is 11.1 Å². The number of aryl methyl sites for hydroxylation is 1. The van der Waals surface area contributed by atoms with Gasteiger partial charge < -0.3 is 10.6 Å². The van der Waals surface area contributed by atoms with Crippen LogP contribution in [0.5, 0.6) is 0 Å². The molecule has 2 N–H and O–H groups in total. The third-order valence-electron chi connectivity index (χ3n) is 4.32. The Morgan fingerprint density at radius 1 is 1.31 bits per heavy atom. The van der Waals surface area contributed by atoms with Gasteiger partial charge in [-0.3, -0.25) is 9.59 Å². The zero-order chi connectivity index (χ0) is 19.5. The molecule has 0 aliphatic carbocycles. The van der Waals surface area contributed by atoms with Crippen molar-refractivity contribution in [3.05, 3.63) is 40.4 Å². The highest BCUT2D eigenvalue weighted by Gasteiger charge is 2.45. The first-order valence-corrected chi connectivity index (χ1v) is 8.98. The van der Waals surface area contributed by atoms with Crippen molar-refractivity contribution >= 4 is 29.3 Å². The van der Waals surface area contributed by atoms with E-state index in [2.05, 4.69) is 16.7 Å². The van der Waals surface area contributed by atoms with Crippen LogP contribution in [-0.2, 0) is 9.59 Å². The van der Waals surface area contributed by atoms with Crippen LogP contribution in [0.1, 0.15) is 26.3 Å². The fourth-order valence-corrected chi connectivity index (χ4v) is 3.73. The summed E-state index contributed by atoms with van der Waals surface area (Å²) in [6.07, 6.45) is 0. The quantitative estimate of drug-likeness (QED) is 0.849. The largest absolute Gasteiger partial charge is 0.325 e. The van der Waals surface area contributed by atoms with Crippen LogP contribution in [-0.4, -0.2) is 17.1 Å². The third-order valence-corrected chi connectivity index (χ3v) is 5.43. The van der Waals surface area contributed by atoms with Crippen molar-refractivity contribution in [2.45, 2.75) is 32.9 Å². The number of nitrogens with zero attached hydrogens (tertiary/aromatic N) is 2. The van der Waals surface area contributed by atoms with Crippen LogP contribution in [0, 0.1) is 40.9 Å². The van der Waals surface area contributed by atoms with Gasteiger partial charge in [0.25, 0.3) is 0 Å². The van der Waals surface area contributed by atoms with Crippen molar-refractivity contribution in [1.29, 1.82) is 10.5 Å². The highest BCUT2D eigenvalue weighted by atomic mass is 32.2. The van der Waals surface area contributed by atoms with Gasteiger partial charge in [0.05, 0.1) is 28.0 Å². The Bertz CT molecular complexity index is 844. The number of carbonyl (C=O) groups is 2. The lowest BCUT2D eigenvalue weighted by Crippen LogP contribution is -2.45. The van der Waals surface area contributed by atoms with E-state index in [1.165, 1.54) is 0 Å². The number of nitrogens with one attached hydrogen (secondary N) is 2. The van der Waals surface area contributed by atoms with E-state index in [1.54, 1.807) is 20.8 Å². The van der Waals surface area contributed by atoms with Gasteiger partial charge in [-0.1, -0.05) is 43.3 Å². The van der Waals surface area contributed by atoms with Crippen LogP contribution in [0.4, 0.5) is 5.69 Å². The summed E-state index contributed by atoms with van der Waals surface area (Å²) in [6.45, 7) is 7.04. The molecule has 0 saturated heterocycles. The number of anilines is 1. The van der Waals surface area contributed by atoms with Crippen LogP contribution < -0.4 is 10.6 Å². The summed E-state index contributed by atoms with van der Waals surface area (Å²) < 4.78 is 0. The summed E-state index contributed by atoms with van der Waals surface area (Å²) in [5.74, 6) is -1.64. The molecule has 0 radical (unpaired) electrons. The van der Waals surface area contributed by atoms with Crippen molar-refractivity contribution < 1.29 is 9.59 Å². The van der Waals surface area contributed by atoms with Gasteiger partial charge >= 0.3 is 0 Å². The van der Waals surface area contributed by atoms with E-state index in [-0.39, 0.29) is 5.91 Å². The van der Waals surface area contributed by atoms with Gasteiger partial charge in [0.2, 0.25) is 11.8 Å². The minimum absolute atomic E-state index is 0.238. The second-order valence-corrected chi connectivity index (χ2v) is 8.06. The normalized spacial score (nSPS) is 19.8. The molecule has 2 amide bonds. The summed E-state index contributed by atoms with van der Waals surface area (Å²) in [5, 5.41) is 24.0. The van der Waals surface area contributed by atoms with Gasteiger partial charge in [0.1, 0.15) is 5.92 Å². The second kappa shape index (κ2) is 7.63. The van der Waals surface area contributed by atoms with Crippen molar-refractivity contribution in [2.75, 3.05) is 5.32 Å².